The second-order valence-corrected chi connectivity index (χ2v) is 10.7. The summed E-state index contributed by atoms with van der Waals surface area (Å²) < 4.78 is 17.8. The predicted molar refractivity (Wildman–Crippen MR) is 158 cm³/mol. The van der Waals surface area contributed by atoms with Gasteiger partial charge in [-0.2, -0.15) is 0 Å². The molecule has 2 atom stereocenters. The first-order chi connectivity index (χ1) is 20.1. The fraction of sp³-hybridized carbons (Fsp3) is 0.344. The van der Waals surface area contributed by atoms with Gasteiger partial charge in [-0.15, -0.1) is 0 Å². The Morgan fingerprint density at radius 3 is 2.23 bits per heavy atom. The third kappa shape index (κ3) is 8.43. The maximum Gasteiger partial charge on any atom is 1.00 e. The molecular formula is C32H38FN4NaO5. The van der Waals surface area contributed by atoms with Crippen LogP contribution in [0.4, 0.5) is 4.39 Å². The molecular weight excluding hydrogens is 562 g/mol. The molecule has 0 radical (unpaired) electrons. The monoisotopic (exact) mass is 600 g/mol. The molecule has 0 fully saturated rings. The Morgan fingerprint density at radius 2 is 1.65 bits per heavy atom. The van der Waals surface area contributed by atoms with E-state index in [-0.39, 0.29) is 68.1 Å². The number of nitrogens with one attached hydrogen (secondary N) is 1. The van der Waals surface area contributed by atoms with E-state index in [2.05, 4.69) is 10.3 Å². The van der Waals surface area contributed by atoms with Crippen LogP contribution in [0.1, 0.15) is 62.6 Å². The quantitative estimate of drug-likeness (QED) is 0.173. The fourth-order valence-corrected chi connectivity index (χ4v) is 5.32. The third-order valence-electron chi connectivity index (χ3n) is 7.23. The fourth-order valence-electron chi connectivity index (χ4n) is 5.32. The van der Waals surface area contributed by atoms with E-state index in [1.807, 2.05) is 60.4 Å². The number of nitrogens with zero attached hydrogens (tertiary/aromatic N) is 3. The van der Waals surface area contributed by atoms with E-state index in [0.717, 1.165) is 16.8 Å². The number of carboxylic acids is 1. The molecule has 11 heteroatoms. The van der Waals surface area contributed by atoms with Gasteiger partial charge in [0.25, 0.3) is 5.91 Å². The van der Waals surface area contributed by atoms with Crippen molar-refractivity contribution >= 4 is 11.9 Å². The minimum absolute atomic E-state index is 0. The molecule has 0 aliphatic heterocycles. The number of halogens is 1. The van der Waals surface area contributed by atoms with Crippen LogP contribution in [0.5, 0.6) is 0 Å². The average molecular weight is 601 g/mol. The molecule has 0 saturated carbocycles. The first-order valence-electron chi connectivity index (χ1n) is 14.0. The van der Waals surface area contributed by atoms with Crippen LogP contribution in [-0.2, 0) is 24.8 Å². The number of hydrogen-bond acceptors (Lipinski definition) is 5. The number of aliphatic hydroxyl groups excluding tert-OH is 2. The van der Waals surface area contributed by atoms with Crippen LogP contribution in [0.2, 0.25) is 0 Å². The number of aliphatic hydroxyl groups is 2. The van der Waals surface area contributed by atoms with Gasteiger partial charge in [-0.1, -0.05) is 42.5 Å². The number of amides is 1. The number of rotatable bonds is 13. The summed E-state index contributed by atoms with van der Waals surface area (Å²) in [5.74, 6) is -1.15. The van der Waals surface area contributed by atoms with Crippen molar-refractivity contribution in [1.29, 1.82) is 0 Å². The van der Waals surface area contributed by atoms with Gasteiger partial charge in [-0.25, -0.2) is 9.37 Å². The summed E-state index contributed by atoms with van der Waals surface area (Å²) in [6.45, 7) is 4.14. The molecule has 43 heavy (non-hydrogen) atoms. The summed E-state index contributed by atoms with van der Waals surface area (Å²) in [6, 6.07) is 15.4. The molecule has 224 valence electrons. The minimum Gasteiger partial charge on any atom is -1.00 e. The van der Waals surface area contributed by atoms with Gasteiger partial charge in [0.15, 0.2) is 0 Å². The predicted octanol–water partition coefficient (Wildman–Crippen LogP) is 1.84. The average Bonchev–Trinajstić information content (AvgIpc) is 3.51. The number of carbonyl (C=O) groups excluding carboxylic acids is 1. The van der Waals surface area contributed by atoms with Crippen molar-refractivity contribution in [3.05, 3.63) is 90.0 Å². The van der Waals surface area contributed by atoms with Crippen molar-refractivity contribution < 1.29 is 60.3 Å². The molecule has 4 rings (SSSR count). The van der Waals surface area contributed by atoms with Crippen LogP contribution in [-0.4, -0.2) is 53.5 Å². The van der Waals surface area contributed by atoms with Crippen molar-refractivity contribution in [3.8, 4) is 22.3 Å². The zero-order valence-corrected chi connectivity index (χ0v) is 27.0. The number of carbonyl (C=O) groups is 2. The van der Waals surface area contributed by atoms with Crippen LogP contribution in [0.3, 0.4) is 0 Å². The van der Waals surface area contributed by atoms with E-state index in [0.29, 0.717) is 29.1 Å². The van der Waals surface area contributed by atoms with Crippen LogP contribution in [0.25, 0.3) is 22.3 Å². The van der Waals surface area contributed by atoms with Gasteiger partial charge in [0.1, 0.15) is 17.3 Å². The molecule has 0 unspecified atom stereocenters. The van der Waals surface area contributed by atoms with Crippen molar-refractivity contribution in [3.63, 3.8) is 0 Å². The Balaban J connectivity index is 0.00000337. The largest absolute Gasteiger partial charge is 1.00 e. The number of aliphatic carboxylic acids is 1. The smallest absolute Gasteiger partial charge is 1.00 e. The number of carboxylic acid groups (broad SMARTS) is 1. The number of aryl methyl sites for hydroxylation is 1. The van der Waals surface area contributed by atoms with Crippen molar-refractivity contribution in [2.24, 2.45) is 7.05 Å². The van der Waals surface area contributed by atoms with Crippen LogP contribution >= 0.6 is 0 Å². The number of aromatic nitrogens is 3. The van der Waals surface area contributed by atoms with Crippen molar-refractivity contribution in [2.75, 3.05) is 0 Å². The summed E-state index contributed by atoms with van der Waals surface area (Å²) in [7, 11) is 1.85. The van der Waals surface area contributed by atoms with Gasteiger partial charge in [0.05, 0.1) is 25.2 Å². The topological polar surface area (TPSA) is 130 Å². The summed E-state index contributed by atoms with van der Waals surface area (Å²) >= 11 is 0. The van der Waals surface area contributed by atoms with Gasteiger partial charge in [-0.05, 0) is 56.4 Å². The molecule has 4 N–H and O–H groups in total. The van der Waals surface area contributed by atoms with E-state index in [1.54, 1.807) is 24.5 Å². The second kappa shape index (κ2) is 15.4. The van der Waals surface area contributed by atoms with E-state index in [1.165, 1.54) is 12.1 Å². The van der Waals surface area contributed by atoms with E-state index < -0.39 is 24.6 Å². The summed E-state index contributed by atoms with van der Waals surface area (Å²) in [5, 5.41) is 32.8. The van der Waals surface area contributed by atoms with E-state index in [9.17, 15) is 24.2 Å². The second-order valence-electron chi connectivity index (χ2n) is 10.7. The SMILES string of the molecule is CC(C)n1c(CC[C@@H](O)C[C@@H](O)CC(=O)O)c(-c2ccc(F)cc2)c(-c2ccccc2)c1C(=O)NCc1nccn1C.[H-].[Na+]. The molecule has 4 aromatic rings. The first kappa shape index (κ1) is 34.2. The van der Waals surface area contributed by atoms with E-state index in [4.69, 9.17) is 5.11 Å². The number of benzene rings is 2. The summed E-state index contributed by atoms with van der Waals surface area (Å²) in [5.41, 5.74) is 4.14. The molecule has 2 heterocycles. The Morgan fingerprint density at radius 1 is 1.00 bits per heavy atom. The molecule has 0 aliphatic carbocycles. The van der Waals surface area contributed by atoms with Crippen LogP contribution < -0.4 is 34.9 Å². The Labute approximate surface area is 274 Å². The van der Waals surface area contributed by atoms with E-state index >= 15 is 0 Å². The zero-order valence-electron chi connectivity index (χ0n) is 26.0. The minimum atomic E-state index is -1.18. The molecule has 9 nitrogen and oxygen atoms in total. The number of imidazole rings is 1. The van der Waals surface area contributed by atoms with Crippen molar-refractivity contribution in [1.82, 2.24) is 19.4 Å². The Bertz CT molecular complexity index is 1530. The van der Waals surface area contributed by atoms with Crippen LogP contribution in [0.15, 0.2) is 67.0 Å². The molecule has 2 aromatic carbocycles. The zero-order chi connectivity index (χ0) is 30.4. The molecule has 1 amide bonds. The maximum absolute atomic E-state index is 14.0. The summed E-state index contributed by atoms with van der Waals surface area (Å²) in [6.07, 6.45) is 1.29. The van der Waals surface area contributed by atoms with Gasteiger partial charge in [0.2, 0.25) is 0 Å². The van der Waals surface area contributed by atoms with Gasteiger partial charge < -0.3 is 31.2 Å². The first-order valence-corrected chi connectivity index (χ1v) is 14.0. The maximum atomic E-state index is 14.0. The Kier molecular flexibility index (Phi) is 12.3. The molecule has 0 bridgehead atoms. The number of hydrogen-bond donors (Lipinski definition) is 4. The standard InChI is InChI=1S/C32H37FN4O5.Na.H/c1-20(2)37-26(14-13-24(38)17-25(39)18-28(40)41)29(22-9-11-23(33)12-10-22)30(21-7-5-4-6-8-21)31(37)32(42)35-19-27-34-15-16-36(27)3;;/h4-12,15-16,20,24-25,38-39H,13-14,17-19H2,1-3H3,(H,35,42)(H,40,41);;/q;+1;-1/t24-,25-;;/m1../s1. The van der Waals surface area contributed by atoms with Gasteiger partial charge >= 0.3 is 35.5 Å². The summed E-state index contributed by atoms with van der Waals surface area (Å²) in [4.78, 5) is 29.3. The molecule has 0 saturated heterocycles. The third-order valence-corrected chi connectivity index (χ3v) is 7.23. The molecule has 2 aromatic heterocycles. The molecule has 0 spiro atoms. The van der Waals surface area contributed by atoms with Gasteiger partial charge in [-0.3, -0.25) is 9.59 Å². The van der Waals surface area contributed by atoms with Gasteiger partial charge in [0, 0.05) is 42.3 Å². The van der Waals surface area contributed by atoms with Crippen LogP contribution in [0, 0.1) is 5.82 Å². The van der Waals surface area contributed by atoms with Crippen molar-refractivity contribution in [2.45, 2.75) is 64.3 Å². The molecule has 0 aliphatic rings. The Hall–Kier alpha value is -3.28. The normalized spacial score (nSPS) is 12.5.